The van der Waals surface area contributed by atoms with E-state index in [1.54, 1.807) is 6.20 Å². The number of imidazole rings is 1. The van der Waals surface area contributed by atoms with Gasteiger partial charge in [-0.25, -0.2) is 9.78 Å². The minimum atomic E-state index is -5.08. The van der Waals surface area contributed by atoms with Crippen LogP contribution in [0.3, 0.4) is 0 Å². The van der Waals surface area contributed by atoms with Crippen LogP contribution in [0, 0.1) is 6.92 Å². The van der Waals surface area contributed by atoms with Crippen molar-refractivity contribution in [2.75, 3.05) is 0 Å². The number of amides is 1. The molecule has 1 amide bonds. The molecule has 2 heterocycles. The topological polar surface area (TPSA) is 134 Å². The van der Waals surface area contributed by atoms with Crippen LogP contribution in [0.1, 0.15) is 36.5 Å². The Bertz CT molecular complexity index is 1070. The highest BCUT2D eigenvalue weighted by atomic mass is 19.4. The van der Waals surface area contributed by atoms with Gasteiger partial charge in [-0.3, -0.25) is 4.79 Å². The molecule has 1 atom stereocenters. The van der Waals surface area contributed by atoms with E-state index < -0.39 is 23.7 Å². The average molecular weight is 452 g/mol. The van der Waals surface area contributed by atoms with Gasteiger partial charge in [-0.15, -0.1) is 0 Å². The van der Waals surface area contributed by atoms with Gasteiger partial charge in [0.2, 0.25) is 5.91 Å². The lowest BCUT2D eigenvalue weighted by Gasteiger charge is -2.41. The number of alkyl halides is 3. The lowest BCUT2D eigenvalue weighted by molar-refractivity contribution is -0.192. The summed E-state index contributed by atoms with van der Waals surface area (Å²) < 4.78 is 37.5. The molecule has 3 aromatic rings. The van der Waals surface area contributed by atoms with Crippen LogP contribution in [-0.2, 0) is 21.5 Å². The molecule has 32 heavy (non-hydrogen) atoms. The van der Waals surface area contributed by atoms with Crippen LogP contribution in [0.4, 0.5) is 13.2 Å². The maximum atomic E-state index is 12.6. The number of aromatic nitrogens is 2. The third-order valence-corrected chi connectivity index (χ3v) is 5.20. The highest BCUT2D eigenvalue weighted by Gasteiger charge is 2.43. The summed E-state index contributed by atoms with van der Waals surface area (Å²) in [7, 11) is 0. The fraction of sp³-hybridized carbons (Fsp3) is 0.381. The second kappa shape index (κ2) is 9.03. The van der Waals surface area contributed by atoms with Gasteiger partial charge >= 0.3 is 12.1 Å². The third-order valence-electron chi connectivity index (χ3n) is 5.20. The molecular weight excluding hydrogens is 429 g/mol. The van der Waals surface area contributed by atoms with Crippen molar-refractivity contribution in [3.8, 4) is 0 Å². The summed E-state index contributed by atoms with van der Waals surface area (Å²) in [6.45, 7) is 1.96. The zero-order valence-electron chi connectivity index (χ0n) is 17.2. The molecule has 1 saturated carbocycles. The number of aromatic amines is 1. The lowest BCUT2D eigenvalue weighted by Crippen LogP contribution is -2.56. The summed E-state index contributed by atoms with van der Waals surface area (Å²) >= 11 is 0. The summed E-state index contributed by atoms with van der Waals surface area (Å²) in [5.41, 5.74) is 7.53. The van der Waals surface area contributed by atoms with E-state index in [1.807, 2.05) is 37.3 Å². The van der Waals surface area contributed by atoms with E-state index in [2.05, 4.69) is 15.3 Å². The normalized spacial score (nSPS) is 15.9. The van der Waals surface area contributed by atoms with E-state index in [-0.39, 0.29) is 5.91 Å². The molecular formula is C21H23F3N4O4. The van der Waals surface area contributed by atoms with E-state index in [1.165, 1.54) is 0 Å². The number of H-pyrrole nitrogens is 1. The number of benzene rings is 1. The SMILES string of the molecule is Cc1cnc(C2(NC(=O)C(N)Cc3cc4ccccc4o3)CCC2)[nH]1.O=C(O)C(F)(F)F. The third kappa shape index (κ3) is 5.28. The number of nitrogens with two attached hydrogens (primary N) is 1. The van der Waals surface area contributed by atoms with E-state index in [9.17, 15) is 18.0 Å². The number of furan rings is 1. The van der Waals surface area contributed by atoms with Crippen LogP contribution in [0.5, 0.6) is 0 Å². The Balaban J connectivity index is 0.000000360. The van der Waals surface area contributed by atoms with Crippen molar-refractivity contribution in [1.82, 2.24) is 15.3 Å². The first-order chi connectivity index (χ1) is 15.0. The summed E-state index contributed by atoms with van der Waals surface area (Å²) in [6.07, 6.45) is -0.103. The molecule has 8 nitrogen and oxygen atoms in total. The van der Waals surface area contributed by atoms with Crippen molar-refractivity contribution in [3.05, 3.63) is 53.8 Å². The molecule has 0 aliphatic heterocycles. The largest absolute Gasteiger partial charge is 0.490 e. The lowest BCUT2D eigenvalue weighted by atomic mass is 9.76. The van der Waals surface area contributed by atoms with Gasteiger partial charge in [0.25, 0.3) is 0 Å². The molecule has 11 heteroatoms. The van der Waals surface area contributed by atoms with Gasteiger partial charge < -0.3 is 25.6 Å². The number of para-hydroxylation sites is 1. The molecule has 0 bridgehead atoms. The highest BCUT2D eigenvalue weighted by Crippen LogP contribution is 2.39. The zero-order valence-corrected chi connectivity index (χ0v) is 17.2. The summed E-state index contributed by atoms with van der Waals surface area (Å²) in [6, 6.07) is 9.06. The maximum Gasteiger partial charge on any atom is 0.490 e. The fourth-order valence-electron chi connectivity index (χ4n) is 3.38. The van der Waals surface area contributed by atoms with Crippen molar-refractivity contribution in [1.29, 1.82) is 0 Å². The molecule has 4 rings (SSSR count). The number of aliphatic carboxylic acids is 1. The Kier molecular flexibility index (Phi) is 6.58. The first-order valence-corrected chi connectivity index (χ1v) is 9.87. The molecule has 0 saturated heterocycles. The van der Waals surface area contributed by atoms with Crippen LogP contribution in [0.25, 0.3) is 11.0 Å². The molecule has 1 unspecified atom stereocenters. The Hall–Kier alpha value is -3.34. The predicted octanol–water partition coefficient (Wildman–Crippen LogP) is 3.16. The molecule has 1 aromatic carbocycles. The van der Waals surface area contributed by atoms with Crippen LogP contribution in [0.2, 0.25) is 0 Å². The number of rotatable bonds is 5. The van der Waals surface area contributed by atoms with E-state index in [0.717, 1.165) is 47.5 Å². The molecule has 172 valence electrons. The summed E-state index contributed by atoms with van der Waals surface area (Å²) in [4.78, 5) is 29.2. The fourth-order valence-corrected chi connectivity index (χ4v) is 3.38. The van der Waals surface area contributed by atoms with E-state index >= 15 is 0 Å². The van der Waals surface area contributed by atoms with Gasteiger partial charge in [-0.1, -0.05) is 18.2 Å². The zero-order chi connectivity index (χ0) is 23.5. The van der Waals surface area contributed by atoms with Crippen molar-refractivity contribution < 1.29 is 32.3 Å². The number of carbonyl (C=O) groups excluding carboxylic acids is 1. The molecule has 1 aliphatic carbocycles. The molecule has 0 radical (unpaired) electrons. The number of nitrogens with one attached hydrogen (secondary N) is 2. The number of carbonyl (C=O) groups is 2. The Morgan fingerprint density at radius 3 is 2.50 bits per heavy atom. The Morgan fingerprint density at radius 2 is 2.00 bits per heavy atom. The highest BCUT2D eigenvalue weighted by molar-refractivity contribution is 5.83. The van der Waals surface area contributed by atoms with Crippen molar-refractivity contribution >= 4 is 22.8 Å². The second-order valence-corrected chi connectivity index (χ2v) is 7.70. The standard InChI is InChI=1S/C19H22N4O2.C2HF3O2/c1-12-11-21-18(22-12)19(7-4-8-19)23-17(24)15(20)10-14-9-13-5-2-3-6-16(13)25-14;3-2(4,5)1(6)7/h2-3,5-6,9,11,15H,4,7-8,10,20H2,1H3,(H,21,22)(H,23,24);(H,6,7). The van der Waals surface area contributed by atoms with Gasteiger partial charge in [0, 0.05) is 23.7 Å². The number of hydrogen-bond donors (Lipinski definition) is 4. The van der Waals surface area contributed by atoms with Crippen LogP contribution in [0.15, 0.2) is 40.9 Å². The monoisotopic (exact) mass is 452 g/mol. The summed E-state index contributed by atoms with van der Waals surface area (Å²) in [5, 5.41) is 11.3. The quantitative estimate of drug-likeness (QED) is 0.470. The van der Waals surface area contributed by atoms with Crippen LogP contribution >= 0.6 is 0 Å². The van der Waals surface area contributed by atoms with Gasteiger partial charge in [0.1, 0.15) is 17.2 Å². The number of nitrogens with zero attached hydrogens (tertiary/aromatic N) is 1. The van der Waals surface area contributed by atoms with Gasteiger partial charge in [0.15, 0.2) is 0 Å². The summed E-state index contributed by atoms with van der Waals surface area (Å²) in [5.74, 6) is -1.39. The molecule has 0 spiro atoms. The van der Waals surface area contributed by atoms with E-state index in [0.29, 0.717) is 6.42 Å². The number of carboxylic acid groups (broad SMARTS) is 1. The first-order valence-electron chi connectivity index (χ1n) is 9.87. The minimum Gasteiger partial charge on any atom is -0.475 e. The molecule has 1 fully saturated rings. The van der Waals surface area contributed by atoms with Crippen LogP contribution < -0.4 is 11.1 Å². The van der Waals surface area contributed by atoms with Crippen molar-refractivity contribution in [2.24, 2.45) is 5.73 Å². The van der Waals surface area contributed by atoms with Gasteiger partial charge in [0.05, 0.1) is 11.6 Å². The smallest absolute Gasteiger partial charge is 0.475 e. The number of halogens is 3. The van der Waals surface area contributed by atoms with Crippen molar-refractivity contribution in [3.63, 3.8) is 0 Å². The predicted molar refractivity (Wildman–Crippen MR) is 109 cm³/mol. The number of aryl methyl sites for hydroxylation is 1. The second-order valence-electron chi connectivity index (χ2n) is 7.70. The van der Waals surface area contributed by atoms with Crippen molar-refractivity contribution in [2.45, 2.75) is 50.4 Å². The molecule has 1 aliphatic rings. The molecule has 2 aromatic heterocycles. The van der Waals surface area contributed by atoms with Gasteiger partial charge in [-0.05, 0) is 38.3 Å². The average Bonchev–Trinajstić information content (AvgIpc) is 3.29. The number of hydrogen-bond acceptors (Lipinski definition) is 5. The first kappa shape index (κ1) is 23.3. The number of fused-ring (bicyclic) bond motifs is 1. The Morgan fingerprint density at radius 1 is 1.34 bits per heavy atom. The minimum absolute atomic E-state index is 0.172. The molecule has 5 N–H and O–H groups in total. The van der Waals surface area contributed by atoms with Crippen LogP contribution in [-0.4, -0.2) is 39.2 Å². The maximum absolute atomic E-state index is 12.6. The Labute approximate surface area is 181 Å². The number of carboxylic acids is 1. The van der Waals surface area contributed by atoms with Gasteiger partial charge in [-0.2, -0.15) is 13.2 Å². The van der Waals surface area contributed by atoms with E-state index in [4.69, 9.17) is 20.1 Å².